The molecule has 2 amide bonds. The molecule has 150 valence electrons. The van der Waals surface area contributed by atoms with E-state index in [1.807, 2.05) is 4.90 Å². The van der Waals surface area contributed by atoms with Gasteiger partial charge in [-0.3, -0.25) is 0 Å². The fourth-order valence-corrected chi connectivity index (χ4v) is 3.78. The van der Waals surface area contributed by atoms with Crippen molar-refractivity contribution in [3.05, 3.63) is 47.2 Å². The van der Waals surface area contributed by atoms with Crippen LogP contribution in [0, 0.1) is 11.6 Å². The summed E-state index contributed by atoms with van der Waals surface area (Å²) in [6.45, 7) is 1.70. The standard InChI is InChI=1S/C19H16ClF2N5O2/c20-11-8-10-17(16(22)14(11)15-12(21)2-1-3-13(15)28)24-9-25-18(10)26-4-6-27(7-5-26)19(23)29/h1-3,8-9,28H,4-7H2,(H2,23,29). The first-order chi connectivity index (χ1) is 13.9. The van der Waals surface area contributed by atoms with Crippen molar-refractivity contribution in [3.8, 4) is 16.9 Å². The maximum atomic E-state index is 15.4. The van der Waals surface area contributed by atoms with Crippen LogP contribution in [0.15, 0.2) is 30.6 Å². The van der Waals surface area contributed by atoms with Crippen LogP contribution in [0.1, 0.15) is 0 Å². The van der Waals surface area contributed by atoms with E-state index in [1.54, 1.807) is 0 Å². The molecule has 4 rings (SSSR count). The number of carbonyl (C=O) groups is 1. The van der Waals surface area contributed by atoms with Crippen LogP contribution in [0.25, 0.3) is 22.0 Å². The van der Waals surface area contributed by atoms with Gasteiger partial charge in [0.1, 0.15) is 29.2 Å². The fraction of sp³-hybridized carbons (Fsp3) is 0.211. The summed E-state index contributed by atoms with van der Waals surface area (Å²) in [4.78, 5) is 23.0. The number of phenolic OH excluding ortho intramolecular Hbond substituents is 1. The maximum absolute atomic E-state index is 15.4. The van der Waals surface area contributed by atoms with E-state index in [2.05, 4.69) is 9.97 Å². The number of aromatic nitrogens is 2. The highest BCUT2D eigenvalue weighted by molar-refractivity contribution is 6.34. The predicted molar refractivity (Wildman–Crippen MR) is 105 cm³/mol. The Morgan fingerprint density at radius 1 is 1.14 bits per heavy atom. The molecular weight excluding hydrogens is 404 g/mol. The number of amides is 2. The number of rotatable bonds is 2. The number of primary amides is 1. The molecule has 0 spiro atoms. The third-order valence-corrected chi connectivity index (χ3v) is 5.23. The van der Waals surface area contributed by atoms with Crippen LogP contribution in [-0.2, 0) is 0 Å². The first-order valence-electron chi connectivity index (χ1n) is 8.78. The maximum Gasteiger partial charge on any atom is 0.314 e. The van der Waals surface area contributed by atoms with Gasteiger partial charge in [0.05, 0.1) is 10.6 Å². The number of carbonyl (C=O) groups excluding carboxylic acids is 1. The first kappa shape index (κ1) is 19.1. The molecule has 1 aliphatic rings. The Hall–Kier alpha value is -3.20. The van der Waals surface area contributed by atoms with Crippen molar-refractivity contribution >= 4 is 34.4 Å². The number of anilines is 1. The summed E-state index contributed by atoms with van der Waals surface area (Å²) in [5, 5.41) is 10.3. The molecule has 0 unspecified atom stereocenters. The number of benzene rings is 2. The Kier molecular flexibility index (Phi) is 4.83. The van der Waals surface area contributed by atoms with Gasteiger partial charge in [-0.2, -0.15) is 0 Å². The zero-order chi connectivity index (χ0) is 20.7. The number of halogens is 3. The largest absolute Gasteiger partial charge is 0.507 e. The normalized spacial score (nSPS) is 14.4. The molecule has 3 aromatic rings. The molecular formula is C19H16ClF2N5O2. The SMILES string of the molecule is NC(=O)N1CCN(c2ncnc3c(F)c(-c4c(O)cccc4F)c(Cl)cc23)CC1. The number of urea groups is 1. The second-order valence-electron chi connectivity index (χ2n) is 6.59. The summed E-state index contributed by atoms with van der Waals surface area (Å²) in [5.74, 6) is -1.64. The Bertz CT molecular complexity index is 1100. The number of nitrogens with two attached hydrogens (primary N) is 1. The van der Waals surface area contributed by atoms with Gasteiger partial charge in [0, 0.05) is 37.1 Å². The van der Waals surface area contributed by atoms with Gasteiger partial charge in [-0.15, -0.1) is 0 Å². The van der Waals surface area contributed by atoms with Crippen LogP contribution < -0.4 is 10.6 Å². The molecule has 29 heavy (non-hydrogen) atoms. The summed E-state index contributed by atoms with van der Waals surface area (Å²) >= 11 is 6.30. The lowest BCUT2D eigenvalue weighted by atomic mass is 10.0. The van der Waals surface area contributed by atoms with E-state index in [9.17, 15) is 14.3 Å². The third kappa shape index (κ3) is 3.27. The molecule has 1 fully saturated rings. The second-order valence-corrected chi connectivity index (χ2v) is 6.99. The van der Waals surface area contributed by atoms with Crippen LogP contribution in [0.3, 0.4) is 0 Å². The third-order valence-electron chi connectivity index (χ3n) is 4.93. The molecule has 2 aromatic carbocycles. The van der Waals surface area contributed by atoms with Crippen LogP contribution in [-0.4, -0.2) is 52.2 Å². The highest BCUT2D eigenvalue weighted by Crippen LogP contribution is 2.41. The quantitative estimate of drug-likeness (QED) is 0.665. The highest BCUT2D eigenvalue weighted by atomic mass is 35.5. The van der Waals surface area contributed by atoms with Gasteiger partial charge < -0.3 is 20.6 Å². The number of nitrogens with zero attached hydrogens (tertiary/aromatic N) is 4. The zero-order valence-corrected chi connectivity index (χ0v) is 15.8. The molecule has 1 aromatic heterocycles. The lowest BCUT2D eigenvalue weighted by Crippen LogP contribution is -2.50. The molecule has 0 atom stereocenters. The average molecular weight is 420 g/mol. The van der Waals surface area contributed by atoms with Crippen LogP contribution >= 0.6 is 11.6 Å². The number of hydrogen-bond donors (Lipinski definition) is 2. The predicted octanol–water partition coefficient (Wildman–Crippen LogP) is 3.13. The lowest BCUT2D eigenvalue weighted by Gasteiger charge is -2.34. The summed E-state index contributed by atoms with van der Waals surface area (Å²) < 4.78 is 29.6. The molecule has 2 heterocycles. The molecule has 0 aliphatic carbocycles. The minimum absolute atomic E-state index is 0.0469. The first-order valence-corrected chi connectivity index (χ1v) is 9.16. The van der Waals surface area contributed by atoms with E-state index >= 15 is 4.39 Å². The van der Waals surface area contributed by atoms with E-state index < -0.39 is 23.4 Å². The number of hydrogen-bond acceptors (Lipinski definition) is 5. The Labute approximate surface area is 169 Å². The molecule has 1 saturated heterocycles. The topological polar surface area (TPSA) is 95.6 Å². The van der Waals surface area contributed by atoms with Gasteiger partial charge in [0.2, 0.25) is 0 Å². The molecule has 10 heteroatoms. The number of fused-ring (bicyclic) bond motifs is 1. The van der Waals surface area contributed by atoms with Gasteiger partial charge in [0.25, 0.3) is 0 Å². The molecule has 1 aliphatic heterocycles. The monoisotopic (exact) mass is 419 g/mol. The summed E-state index contributed by atoms with van der Waals surface area (Å²) in [7, 11) is 0. The molecule has 3 N–H and O–H groups in total. The minimum atomic E-state index is -0.854. The summed E-state index contributed by atoms with van der Waals surface area (Å²) in [6, 6.07) is 4.63. The Morgan fingerprint density at radius 3 is 2.52 bits per heavy atom. The van der Waals surface area contributed by atoms with Crippen LogP contribution in [0.4, 0.5) is 19.4 Å². The van der Waals surface area contributed by atoms with E-state index in [1.165, 1.54) is 29.4 Å². The number of piperazine rings is 1. The molecule has 7 nitrogen and oxygen atoms in total. The van der Waals surface area contributed by atoms with Gasteiger partial charge in [-0.1, -0.05) is 17.7 Å². The summed E-state index contributed by atoms with van der Waals surface area (Å²) in [6.07, 6.45) is 1.21. The smallest absolute Gasteiger partial charge is 0.314 e. The van der Waals surface area contributed by atoms with Gasteiger partial charge in [-0.05, 0) is 18.2 Å². The van der Waals surface area contributed by atoms with E-state index in [-0.39, 0.29) is 21.7 Å². The van der Waals surface area contributed by atoms with Crippen LogP contribution in [0.2, 0.25) is 5.02 Å². The summed E-state index contributed by atoms with van der Waals surface area (Å²) in [5.41, 5.74) is 4.66. The zero-order valence-electron chi connectivity index (χ0n) is 15.1. The van der Waals surface area contributed by atoms with Crippen molar-refractivity contribution in [1.29, 1.82) is 0 Å². The minimum Gasteiger partial charge on any atom is -0.507 e. The Morgan fingerprint density at radius 2 is 1.86 bits per heavy atom. The molecule has 0 saturated carbocycles. The van der Waals surface area contributed by atoms with Crippen molar-refractivity contribution < 1.29 is 18.7 Å². The van der Waals surface area contributed by atoms with Crippen molar-refractivity contribution in [1.82, 2.24) is 14.9 Å². The number of phenols is 1. The van der Waals surface area contributed by atoms with Crippen molar-refractivity contribution in [2.45, 2.75) is 0 Å². The number of aromatic hydroxyl groups is 1. The van der Waals surface area contributed by atoms with Gasteiger partial charge in [0.15, 0.2) is 5.82 Å². The average Bonchev–Trinajstić information content (AvgIpc) is 2.70. The van der Waals surface area contributed by atoms with E-state index in [0.717, 1.165) is 6.07 Å². The second kappa shape index (κ2) is 7.32. The van der Waals surface area contributed by atoms with Crippen molar-refractivity contribution in [2.24, 2.45) is 5.73 Å². The highest BCUT2D eigenvalue weighted by Gasteiger charge is 2.26. The lowest BCUT2D eigenvalue weighted by molar-refractivity contribution is 0.204. The van der Waals surface area contributed by atoms with E-state index in [4.69, 9.17) is 17.3 Å². The Balaban J connectivity index is 1.83. The molecule has 0 radical (unpaired) electrons. The van der Waals surface area contributed by atoms with Crippen molar-refractivity contribution in [2.75, 3.05) is 31.1 Å². The van der Waals surface area contributed by atoms with E-state index in [0.29, 0.717) is 37.4 Å². The van der Waals surface area contributed by atoms with Gasteiger partial charge in [-0.25, -0.2) is 23.5 Å². The van der Waals surface area contributed by atoms with Crippen LogP contribution in [0.5, 0.6) is 5.75 Å². The van der Waals surface area contributed by atoms with Gasteiger partial charge >= 0.3 is 6.03 Å². The molecule has 0 bridgehead atoms. The van der Waals surface area contributed by atoms with Crippen molar-refractivity contribution in [3.63, 3.8) is 0 Å². The fourth-order valence-electron chi connectivity index (χ4n) is 3.50.